The molecule has 198 valence electrons. The number of rotatable bonds is 15. The van der Waals surface area contributed by atoms with Crippen LogP contribution in [0.5, 0.6) is 0 Å². The van der Waals surface area contributed by atoms with E-state index >= 15 is 0 Å². The van der Waals surface area contributed by atoms with Gasteiger partial charge < -0.3 is 25.4 Å². The topological polar surface area (TPSA) is 113 Å². The maximum Gasteiger partial charge on any atom is 0.326 e. The van der Waals surface area contributed by atoms with Gasteiger partial charge in [0.25, 0.3) is 0 Å². The minimum atomic E-state index is -0.889. The fraction of sp³-hybridized carbons (Fsp3) is 0.500. The Kier molecular flexibility index (Phi) is 10.0. The van der Waals surface area contributed by atoms with Gasteiger partial charge in [0.15, 0.2) is 0 Å². The number of nitrogens with one attached hydrogen (secondary N) is 2. The van der Waals surface area contributed by atoms with Gasteiger partial charge in [0.1, 0.15) is 24.0 Å². The molecule has 1 aliphatic heterocycles. The lowest BCUT2D eigenvalue weighted by atomic mass is 10.1. The Labute approximate surface area is 218 Å². The number of benzene rings is 1. The Balaban J connectivity index is 1.30. The Morgan fingerprint density at radius 3 is 2.92 bits per heavy atom. The summed E-state index contributed by atoms with van der Waals surface area (Å²) < 4.78 is 5.58. The van der Waals surface area contributed by atoms with Crippen molar-refractivity contribution in [3.63, 3.8) is 0 Å². The average molecular weight is 507 g/mol. The summed E-state index contributed by atoms with van der Waals surface area (Å²) in [5.41, 5.74) is 3.22. The third-order valence-electron chi connectivity index (χ3n) is 6.75. The molecule has 3 N–H and O–H groups in total. The highest BCUT2D eigenvalue weighted by atomic mass is 16.5. The second kappa shape index (κ2) is 13.9. The monoisotopic (exact) mass is 506 g/mol. The predicted octanol–water partition coefficient (Wildman–Crippen LogP) is 4.00. The van der Waals surface area contributed by atoms with E-state index < -0.39 is 12.0 Å². The molecule has 1 aromatic carbocycles. The Hall–Kier alpha value is -3.30. The van der Waals surface area contributed by atoms with E-state index in [-0.39, 0.29) is 0 Å². The highest BCUT2D eigenvalue weighted by molar-refractivity contribution is 5.90. The number of unbranched alkanes of at least 4 members (excludes halogenated alkanes) is 1. The third kappa shape index (κ3) is 7.84. The average Bonchev–Trinajstić information content (AvgIpc) is 2.92. The van der Waals surface area contributed by atoms with Crippen LogP contribution >= 0.6 is 0 Å². The summed E-state index contributed by atoms with van der Waals surface area (Å²) in [4.78, 5) is 27.7. The fourth-order valence-electron chi connectivity index (χ4n) is 4.68. The van der Waals surface area contributed by atoms with Gasteiger partial charge in [-0.15, -0.1) is 0 Å². The number of aliphatic carboxylic acids is 1. The third-order valence-corrected chi connectivity index (χ3v) is 6.75. The molecule has 0 spiro atoms. The number of fused-ring (bicyclic) bond motifs is 2. The van der Waals surface area contributed by atoms with Crippen molar-refractivity contribution in [3.8, 4) is 0 Å². The van der Waals surface area contributed by atoms with Crippen molar-refractivity contribution in [2.24, 2.45) is 0 Å². The van der Waals surface area contributed by atoms with E-state index in [1.165, 1.54) is 18.3 Å². The Morgan fingerprint density at radius 1 is 1.16 bits per heavy atom. The number of carboxylic acid groups (broad SMARTS) is 1. The molecule has 3 aromatic rings. The first-order valence-electron chi connectivity index (χ1n) is 13.4. The fourth-order valence-corrected chi connectivity index (χ4v) is 4.68. The van der Waals surface area contributed by atoms with Crippen molar-refractivity contribution in [1.29, 1.82) is 0 Å². The molecule has 0 saturated carbocycles. The molecule has 0 aliphatic carbocycles. The summed E-state index contributed by atoms with van der Waals surface area (Å²) in [6.45, 7) is 6.61. The molecule has 1 aliphatic rings. The van der Waals surface area contributed by atoms with Gasteiger partial charge in [-0.3, -0.25) is 0 Å². The molecule has 0 amide bonds. The number of carbonyl (C=O) groups is 1. The van der Waals surface area contributed by atoms with Crippen LogP contribution in [0.3, 0.4) is 0 Å². The largest absolute Gasteiger partial charge is 0.480 e. The predicted molar refractivity (Wildman–Crippen MR) is 146 cm³/mol. The number of ether oxygens (including phenoxy) is 1. The van der Waals surface area contributed by atoms with Crippen LogP contribution in [0, 0.1) is 0 Å². The van der Waals surface area contributed by atoms with E-state index in [1.807, 2.05) is 31.2 Å². The molecule has 0 saturated heterocycles. The van der Waals surface area contributed by atoms with Crippen molar-refractivity contribution in [3.05, 3.63) is 54.0 Å². The van der Waals surface area contributed by atoms with Gasteiger partial charge in [0.05, 0.1) is 12.1 Å². The number of aromatic nitrogens is 3. The van der Waals surface area contributed by atoms with Gasteiger partial charge in [-0.1, -0.05) is 18.2 Å². The molecule has 2 aromatic heterocycles. The molecule has 0 bridgehead atoms. The maximum absolute atomic E-state index is 12.1. The number of hydrogen-bond donors (Lipinski definition) is 3. The standard InChI is InChI=1S/C28H38N6O3/c1-2-37-19-18-34(16-6-5-9-22-13-12-21-8-7-15-29-26(21)32-22)17-14-25(28(35)36)33-27-23-10-3-4-11-24(23)30-20-31-27/h3-4,10-13,20,25H,2,5-9,14-19H2,1H3,(H,29,32)(H,35,36)(H,30,31,33)/t25-/m0/s1. The number of para-hydroxylation sites is 1. The minimum Gasteiger partial charge on any atom is -0.480 e. The zero-order chi connectivity index (χ0) is 25.9. The lowest BCUT2D eigenvalue weighted by Gasteiger charge is -2.24. The van der Waals surface area contributed by atoms with Crippen LogP contribution in [0.25, 0.3) is 10.9 Å². The van der Waals surface area contributed by atoms with Gasteiger partial charge in [-0.25, -0.2) is 19.7 Å². The summed E-state index contributed by atoms with van der Waals surface area (Å²) >= 11 is 0. The Morgan fingerprint density at radius 2 is 2.05 bits per heavy atom. The van der Waals surface area contributed by atoms with E-state index in [4.69, 9.17) is 9.72 Å². The lowest BCUT2D eigenvalue weighted by Crippen LogP contribution is -2.37. The van der Waals surface area contributed by atoms with Gasteiger partial charge in [-0.05, 0) is 75.8 Å². The molecule has 37 heavy (non-hydrogen) atoms. The number of carboxylic acids is 1. The molecule has 4 rings (SSSR count). The zero-order valence-electron chi connectivity index (χ0n) is 21.7. The molecule has 0 radical (unpaired) electrons. The van der Waals surface area contributed by atoms with Crippen molar-refractivity contribution >= 4 is 28.5 Å². The SMILES string of the molecule is CCOCCN(CCCCc1ccc2c(n1)NCCC2)CC[C@H](Nc1ncnc2ccccc12)C(=O)O. The second-order valence-electron chi connectivity index (χ2n) is 9.40. The Bertz CT molecular complexity index is 1150. The van der Waals surface area contributed by atoms with E-state index in [0.717, 1.165) is 67.7 Å². The molecule has 1 atom stereocenters. The lowest BCUT2D eigenvalue weighted by molar-refractivity contribution is -0.138. The minimum absolute atomic E-state index is 0.456. The van der Waals surface area contributed by atoms with E-state index in [9.17, 15) is 9.90 Å². The quantitative estimate of drug-likeness (QED) is 0.263. The first-order valence-corrected chi connectivity index (χ1v) is 13.4. The molecule has 0 unspecified atom stereocenters. The molecule has 9 heteroatoms. The van der Waals surface area contributed by atoms with Crippen LogP contribution in [-0.2, 0) is 22.4 Å². The van der Waals surface area contributed by atoms with Crippen LogP contribution in [0.2, 0.25) is 0 Å². The van der Waals surface area contributed by atoms with Crippen molar-refractivity contribution in [2.75, 3.05) is 50.0 Å². The van der Waals surface area contributed by atoms with Crippen molar-refractivity contribution < 1.29 is 14.6 Å². The number of aryl methyl sites for hydroxylation is 2. The maximum atomic E-state index is 12.1. The summed E-state index contributed by atoms with van der Waals surface area (Å²) in [5, 5.41) is 17.3. The van der Waals surface area contributed by atoms with Gasteiger partial charge >= 0.3 is 5.97 Å². The molecular weight excluding hydrogens is 468 g/mol. The van der Waals surface area contributed by atoms with Crippen LogP contribution in [0.15, 0.2) is 42.7 Å². The summed E-state index contributed by atoms with van der Waals surface area (Å²) in [5.74, 6) is 0.705. The van der Waals surface area contributed by atoms with Crippen LogP contribution in [-0.4, -0.2) is 76.4 Å². The van der Waals surface area contributed by atoms with Gasteiger partial charge in [0.2, 0.25) is 0 Å². The smallest absolute Gasteiger partial charge is 0.326 e. The van der Waals surface area contributed by atoms with Crippen molar-refractivity contribution in [1.82, 2.24) is 19.9 Å². The number of anilines is 2. The van der Waals surface area contributed by atoms with Gasteiger partial charge in [-0.2, -0.15) is 0 Å². The first kappa shape index (κ1) is 26.8. The summed E-state index contributed by atoms with van der Waals surface area (Å²) in [6, 6.07) is 11.2. The second-order valence-corrected chi connectivity index (χ2v) is 9.40. The highest BCUT2D eigenvalue weighted by Crippen LogP contribution is 2.21. The van der Waals surface area contributed by atoms with Crippen LogP contribution in [0.1, 0.15) is 43.9 Å². The number of hydrogen-bond acceptors (Lipinski definition) is 8. The van der Waals surface area contributed by atoms with Crippen molar-refractivity contribution in [2.45, 2.75) is 51.5 Å². The number of nitrogens with zero attached hydrogens (tertiary/aromatic N) is 4. The van der Waals surface area contributed by atoms with E-state index in [2.05, 4.69) is 37.6 Å². The summed E-state index contributed by atoms with van der Waals surface area (Å²) in [7, 11) is 0. The number of pyridine rings is 1. The molecule has 0 fully saturated rings. The summed E-state index contributed by atoms with van der Waals surface area (Å²) in [6.07, 6.45) is 7.17. The van der Waals surface area contributed by atoms with Gasteiger partial charge in [0, 0.05) is 37.3 Å². The molecule has 9 nitrogen and oxygen atoms in total. The van der Waals surface area contributed by atoms with Crippen LogP contribution < -0.4 is 10.6 Å². The molecule has 3 heterocycles. The molecular formula is C28H38N6O3. The normalized spacial score (nSPS) is 13.8. The highest BCUT2D eigenvalue weighted by Gasteiger charge is 2.20. The zero-order valence-corrected chi connectivity index (χ0v) is 21.7. The van der Waals surface area contributed by atoms with E-state index in [0.29, 0.717) is 32.0 Å². The van der Waals surface area contributed by atoms with E-state index in [1.54, 1.807) is 0 Å². The first-order chi connectivity index (χ1) is 18.1. The van der Waals surface area contributed by atoms with Crippen LogP contribution in [0.4, 0.5) is 11.6 Å².